The maximum Gasteiger partial charge on any atom is 0.125 e. The lowest BCUT2D eigenvalue weighted by Gasteiger charge is -2.13. The molecule has 14 heavy (non-hydrogen) atoms. The second kappa shape index (κ2) is 5.50. The van der Waals surface area contributed by atoms with Gasteiger partial charge in [-0.15, -0.1) is 6.58 Å². The number of hydrogen-bond acceptors (Lipinski definition) is 3. The molecule has 0 radical (unpaired) electrons. The van der Waals surface area contributed by atoms with Crippen LogP contribution >= 0.6 is 0 Å². The first-order valence-corrected chi connectivity index (χ1v) is 4.93. The monoisotopic (exact) mass is 191 g/mol. The minimum atomic E-state index is 0.136. The normalized spacial score (nSPS) is 12.4. The van der Waals surface area contributed by atoms with E-state index in [0.29, 0.717) is 0 Å². The number of nitrogens with one attached hydrogen (secondary N) is 1. The third-order valence-corrected chi connectivity index (χ3v) is 1.97. The average Bonchev–Trinajstić information content (AvgIpc) is 2.19. The van der Waals surface area contributed by atoms with Gasteiger partial charge in [-0.2, -0.15) is 0 Å². The van der Waals surface area contributed by atoms with Crippen molar-refractivity contribution in [3.63, 3.8) is 0 Å². The predicted octanol–water partition coefficient (Wildman–Crippen LogP) is 2.01. The predicted molar refractivity (Wildman–Crippen MR) is 58.0 cm³/mol. The largest absolute Gasteiger partial charge is 0.305 e. The van der Waals surface area contributed by atoms with E-state index in [1.54, 1.807) is 6.20 Å². The van der Waals surface area contributed by atoms with Gasteiger partial charge in [0.1, 0.15) is 5.82 Å². The smallest absolute Gasteiger partial charge is 0.125 e. The molecule has 0 aliphatic carbocycles. The minimum absolute atomic E-state index is 0.136. The zero-order chi connectivity index (χ0) is 10.4. The Hall–Kier alpha value is -1.22. The Labute approximate surface area is 85.3 Å². The molecule has 0 fully saturated rings. The van der Waals surface area contributed by atoms with E-state index < -0.39 is 0 Å². The summed E-state index contributed by atoms with van der Waals surface area (Å²) in [5.74, 6) is 0.799. The molecular weight excluding hydrogens is 174 g/mol. The van der Waals surface area contributed by atoms with Crippen LogP contribution in [0.25, 0.3) is 0 Å². The first-order valence-electron chi connectivity index (χ1n) is 4.93. The molecule has 1 N–H and O–H groups in total. The highest BCUT2D eigenvalue weighted by Gasteiger charge is 2.07. The molecule has 0 aliphatic heterocycles. The van der Waals surface area contributed by atoms with Crippen LogP contribution in [-0.2, 0) is 0 Å². The molecule has 3 nitrogen and oxygen atoms in total. The van der Waals surface area contributed by atoms with Crippen LogP contribution in [0.15, 0.2) is 24.9 Å². The Morgan fingerprint density at radius 1 is 1.64 bits per heavy atom. The molecule has 1 aromatic heterocycles. The molecule has 1 unspecified atom stereocenters. The molecule has 1 atom stereocenters. The molecular formula is C11H17N3. The summed E-state index contributed by atoms with van der Waals surface area (Å²) in [7, 11) is 0. The Kier molecular flexibility index (Phi) is 4.26. The fourth-order valence-corrected chi connectivity index (χ4v) is 1.26. The summed E-state index contributed by atoms with van der Waals surface area (Å²) < 4.78 is 0. The SMILES string of the molecule is C=CC(NCCC)c1ccnc(C)n1. The number of aromatic nitrogens is 2. The number of hydrogen-bond donors (Lipinski definition) is 1. The average molecular weight is 191 g/mol. The van der Waals surface area contributed by atoms with Gasteiger partial charge in [0.25, 0.3) is 0 Å². The second-order valence-electron chi connectivity index (χ2n) is 3.20. The van der Waals surface area contributed by atoms with Crippen molar-refractivity contribution in [3.05, 3.63) is 36.4 Å². The third-order valence-electron chi connectivity index (χ3n) is 1.97. The molecule has 0 bridgehead atoms. The van der Waals surface area contributed by atoms with E-state index in [0.717, 1.165) is 24.5 Å². The van der Waals surface area contributed by atoms with Gasteiger partial charge in [0.2, 0.25) is 0 Å². The molecule has 1 heterocycles. The summed E-state index contributed by atoms with van der Waals surface area (Å²) in [5, 5.41) is 3.35. The van der Waals surface area contributed by atoms with Crippen molar-refractivity contribution in [2.24, 2.45) is 0 Å². The van der Waals surface area contributed by atoms with Gasteiger partial charge in [-0.25, -0.2) is 9.97 Å². The highest BCUT2D eigenvalue weighted by Crippen LogP contribution is 2.10. The molecule has 0 saturated carbocycles. The number of aryl methyl sites for hydroxylation is 1. The van der Waals surface area contributed by atoms with Crippen molar-refractivity contribution in [3.8, 4) is 0 Å². The van der Waals surface area contributed by atoms with E-state index in [1.165, 1.54) is 0 Å². The molecule has 0 aromatic carbocycles. The van der Waals surface area contributed by atoms with Crippen LogP contribution in [0.5, 0.6) is 0 Å². The quantitative estimate of drug-likeness (QED) is 0.723. The van der Waals surface area contributed by atoms with Crippen molar-refractivity contribution in [1.29, 1.82) is 0 Å². The summed E-state index contributed by atoms with van der Waals surface area (Å²) in [4.78, 5) is 8.42. The summed E-state index contributed by atoms with van der Waals surface area (Å²) in [6.07, 6.45) is 4.76. The fraction of sp³-hybridized carbons (Fsp3) is 0.455. The standard InChI is InChI=1S/C11H17N3/c1-4-7-13-10(5-2)11-6-8-12-9(3)14-11/h5-6,8,10,13H,2,4,7H2,1,3H3. The lowest BCUT2D eigenvalue weighted by molar-refractivity contribution is 0.598. The molecule has 0 spiro atoms. The van der Waals surface area contributed by atoms with Crippen molar-refractivity contribution in [2.45, 2.75) is 26.3 Å². The van der Waals surface area contributed by atoms with Gasteiger partial charge in [-0.1, -0.05) is 13.0 Å². The van der Waals surface area contributed by atoms with Gasteiger partial charge < -0.3 is 5.32 Å². The fourth-order valence-electron chi connectivity index (χ4n) is 1.26. The Balaban J connectivity index is 2.73. The first-order chi connectivity index (χ1) is 6.77. The minimum Gasteiger partial charge on any atom is -0.305 e. The van der Waals surface area contributed by atoms with Crippen LogP contribution in [0.4, 0.5) is 0 Å². The lowest BCUT2D eigenvalue weighted by Crippen LogP contribution is -2.21. The molecule has 0 amide bonds. The van der Waals surface area contributed by atoms with E-state index in [1.807, 2.05) is 19.1 Å². The maximum absolute atomic E-state index is 4.35. The van der Waals surface area contributed by atoms with Gasteiger partial charge >= 0.3 is 0 Å². The molecule has 76 valence electrons. The van der Waals surface area contributed by atoms with Gasteiger partial charge in [0.15, 0.2) is 0 Å². The van der Waals surface area contributed by atoms with Gasteiger partial charge in [0.05, 0.1) is 11.7 Å². The van der Waals surface area contributed by atoms with Crippen molar-refractivity contribution in [2.75, 3.05) is 6.54 Å². The van der Waals surface area contributed by atoms with Crippen LogP contribution in [-0.4, -0.2) is 16.5 Å². The van der Waals surface area contributed by atoms with E-state index >= 15 is 0 Å². The van der Waals surface area contributed by atoms with E-state index in [-0.39, 0.29) is 6.04 Å². The summed E-state index contributed by atoms with van der Waals surface area (Å²) in [6.45, 7) is 8.80. The molecule has 1 aromatic rings. The van der Waals surface area contributed by atoms with Crippen molar-refractivity contribution >= 4 is 0 Å². The zero-order valence-electron chi connectivity index (χ0n) is 8.83. The third kappa shape index (κ3) is 2.92. The van der Waals surface area contributed by atoms with Crippen LogP contribution in [0.2, 0.25) is 0 Å². The zero-order valence-corrected chi connectivity index (χ0v) is 8.83. The molecule has 0 saturated heterocycles. The van der Waals surface area contributed by atoms with Crippen LogP contribution in [0.1, 0.15) is 30.9 Å². The van der Waals surface area contributed by atoms with Crippen LogP contribution in [0, 0.1) is 6.92 Å². The maximum atomic E-state index is 4.35. The van der Waals surface area contributed by atoms with E-state index in [4.69, 9.17) is 0 Å². The molecule has 0 aliphatic rings. The van der Waals surface area contributed by atoms with Crippen LogP contribution < -0.4 is 5.32 Å². The molecule has 1 rings (SSSR count). The van der Waals surface area contributed by atoms with Crippen molar-refractivity contribution in [1.82, 2.24) is 15.3 Å². The van der Waals surface area contributed by atoms with Gasteiger partial charge in [-0.3, -0.25) is 0 Å². The number of rotatable bonds is 5. The molecule has 3 heteroatoms. The summed E-state index contributed by atoms with van der Waals surface area (Å²) in [6, 6.07) is 2.05. The topological polar surface area (TPSA) is 37.8 Å². The highest BCUT2D eigenvalue weighted by atomic mass is 15.0. The first kappa shape index (κ1) is 10.9. The Morgan fingerprint density at radius 3 is 3.00 bits per heavy atom. The van der Waals surface area contributed by atoms with E-state index in [9.17, 15) is 0 Å². The summed E-state index contributed by atoms with van der Waals surface area (Å²) in [5.41, 5.74) is 0.987. The highest BCUT2D eigenvalue weighted by molar-refractivity contribution is 5.12. The second-order valence-corrected chi connectivity index (χ2v) is 3.20. The van der Waals surface area contributed by atoms with Crippen LogP contribution in [0.3, 0.4) is 0 Å². The summed E-state index contributed by atoms with van der Waals surface area (Å²) >= 11 is 0. The van der Waals surface area contributed by atoms with Gasteiger partial charge in [-0.05, 0) is 26.0 Å². The Morgan fingerprint density at radius 2 is 2.43 bits per heavy atom. The van der Waals surface area contributed by atoms with E-state index in [2.05, 4.69) is 28.8 Å². The Bertz CT molecular complexity index is 296. The van der Waals surface area contributed by atoms with Crippen molar-refractivity contribution < 1.29 is 0 Å². The lowest BCUT2D eigenvalue weighted by atomic mass is 10.2. The van der Waals surface area contributed by atoms with Gasteiger partial charge in [0, 0.05) is 6.20 Å². The number of nitrogens with zero attached hydrogens (tertiary/aromatic N) is 2.